The van der Waals surface area contributed by atoms with Crippen LogP contribution in [0.4, 0.5) is 11.5 Å². The van der Waals surface area contributed by atoms with Crippen molar-refractivity contribution in [1.29, 1.82) is 5.26 Å². The first-order chi connectivity index (χ1) is 17.5. The van der Waals surface area contributed by atoms with Crippen LogP contribution in [0.5, 0.6) is 17.2 Å². The molecule has 10 heteroatoms. The maximum Gasteiger partial charge on any atom is 0.262 e. The van der Waals surface area contributed by atoms with E-state index in [0.717, 1.165) is 11.3 Å². The second-order valence-corrected chi connectivity index (χ2v) is 7.51. The monoisotopic (exact) mass is 489 g/mol. The normalized spacial score (nSPS) is 10.5. The summed E-state index contributed by atoms with van der Waals surface area (Å²) in [7, 11) is 4.60. The number of benzene rings is 2. The smallest absolute Gasteiger partial charge is 0.262 e. The van der Waals surface area contributed by atoms with Crippen LogP contribution in [-0.4, -0.2) is 45.0 Å². The van der Waals surface area contributed by atoms with Crippen LogP contribution in [0.1, 0.15) is 22.4 Å². The van der Waals surface area contributed by atoms with Crippen molar-refractivity contribution in [2.24, 2.45) is 5.10 Å². The van der Waals surface area contributed by atoms with Crippen molar-refractivity contribution in [3.05, 3.63) is 70.9 Å². The molecule has 0 atom stereocenters. The van der Waals surface area contributed by atoms with Gasteiger partial charge in [-0.05, 0) is 48.9 Å². The largest absolute Gasteiger partial charge is 0.495 e. The van der Waals surface area contributed by atoms with Gasteiger partial charge in [0.15, 0.2) is 23.9 Å². The molecule has 0 unspecified atom stereocenters. The van der Waals surface area contributed by atoms with E-state index in [1.807, 2.05) is 13.0 Å². The van der Waals surface area contributed by atoms with Gasteiger partial charge in [0.25, 0.3) is 5.91 Å². The Bertz CT molecular complexity index is 1290. The summed E-state index contributed by atoms with van der Waals surface area (Å²) in [6.45, 7) is 1.90. The number of hydrazone groups is 1. The quantitative estimate of drug-likeness (QED) is 0.307. The predicted molar refractivity (Wildman–Crippen MR) is 136 cm³/mol. The van der Waals surface area contributed by atoms with Crippen LogP contribution in [0.15, 0.2) is 53.6 Å². The van der Waals surface area contributed by atoms with Crippen molar-refractivity contribution in [1.82, 2.24) is 4.98 Å². The van der Waals surface area contributed by atoms with E-state index in [9.17, 15) is 10.1 Å². The average molecular weight is 490 g/mol. The fraction of sp³-hybridized carbons (Fsp3) is 0.231. The molecule has 0 saturated heterocycles. The van der Waals surface area contributed by atoms with Gasteiger partial charge in [-0.2, -0.15) is 10.4 Å². The summed E-state index contributed by atoms with van der Waals surface area (Å²) in [6.07, 6.45) is 1.56. The highest BCUT2D eigenvalue weighted by atomic mass is 16.5. The summed E-state index contributed by atoms with van der Waals surface area (Å²) in [4.78, 5) is 16.7. The van der Waals surface area contributed by atoms with Gasteiger partial charge in [-0.25, -0.2) is 4.98 Å². The molecular weight excluding hydrogens is 462 g/mol. The molecule has 0 radical (unpaired) electrons. The zero-order valence-electron chi connectivity index (χ0n) is 20.5. The van der Waals surface area contributed by atoms with E-state index in [2.05, 4.69) is 26.9 Å². The molecule has 10 nitrogen and oxygen atoms in total. The molecule has 2 N–H and O–H groups in total. The number of nitriles is 1. The maximum atomic E-state index is 12.3. The summed E-state index contributed by atoms with van der Waals surface area (Å²) in [5.74, 6) is 1.38. The summed E-state index contributed by atoms with van der Waals surface area (Å²) < 4.78 is 21.5. The molecule has 2 aromatic carbocycles. The van der Waals surface area contributed by atoms with Gasteiger partial charge in [0.05, 0.1) is 32.7 Å². The minimum absolute atomic E-state index is 0.219. The van der Waals surface area contributed by atoms with Crippen LogP contribution in [0.25, 0.3) is 0 Å². The first-order valence-corrected chi connectivity index (χ1v) is 10.9. The highest BCUT2D eigenvalue weighted by molar-refractivity contribution is 5.93. The van der Waals surface area contributed by atoms with Crippen molar-refractivity contribution < 1.29 is 23.7 Å². The first-order valence-electron chi connectivity index (χ1n) is 10.9. The Labute approximate surface area is 209 Å². The average Bonchev–Trinajstić information content (AvgIpc) is 2.88. The maximum absolute atomic E-state index is 12.3. The summed E-state index contributed by atoms with van der Waals surface area (Å²) in [5, 5.41) is 16.5. The molecule has 186 valence electrons. The van der Waals surface area contributed by atoms with Crippen molar-refractivity contribution >= 4 is 23.6 Å². The van der Waals surface area contributed by atoms with Crippen LogP contribution in [0, 0.1) is 18.3 Å². The predicted octanol–water partition coefficient (Wildman–Crippen LogP) is 3.89. The number of para-hydroxylation sites is 2. The van der Waals surface area contributed by atoms with Crippen molar-refractivity contribution in [3.63, 3.8) is 0 Å². The number of hydrogen-bond donors (Lipinski definition) is 2. The fourth-order valence-electron chi connectivity index (χ4n) is 3.35. The Morgan fingerprint density at radius 2 is 1.86 bits per heavy atom. The lowest BCUT2D eigenvalue weighted by Gasteiger charge is -2.13. The van der Waals surface area contributed by atoms with Crippen LogP contribution in [0.2, 0.25) is 0 Å². The zero-order valence-corrected chi connectivity index (χ0v) is 20.5. The van der Waals surface area contributed by atoms with Crippen LogP contribution < -0.4 is 25.0 Å². The number of methoxy groups -OCH3 is 3. The molecular formula is C26H27N5O5. The highest BCUT2D eigenvalue weighted by Gasteiger charge is 2.12. The molecule has 3 rings (SSSR count). The lowest BCUT2D eigenvalue weighted by Crippen LogP contribution is -2.20. The van der Waals surface area contributed by atoms with Crippen LogP contribution in [-0.2, 0) is 16.1 Å². The van der Waals surface area contributed by atoms with Gasteiger partial charge in [-0.15, -0.1) is 0 Å². The number of carbonyl (C=O) groups excluding carboxylic acids is 1. The number of aryl methyl sites for hydroxylation is 1. The van der Waals surface area contributed by atoms with E-state index < -0.39 is 0 Å². The van der Waals surface area contributed by atoms with Gasteiger partial charge in [0.1, 0.15) is 17.4 Å². The van der Waals surface area contributed by atoms with E-state index in [4.69, 9.17) is 18.9 Å². The molecule has 0 bridgehead atoms. The number of amides is 1. The topological polar surface area (TPSA) is 127 Å². The van der Waals surface area contributed by atoms with E-state index in [-0.39, 0.29) is 12.5 Å². The molecule has 1 heterocycles. The molecule has 0 aliphatic rings. The standard InChI is InChI=1S/C26H27N5O5/c1-17-11-19(15-33-2)20(13-27)26(29-17)31-28-14-18-9-10-23(24(12-18)35-4)36-16-25(32)30-21-7-5-6-8-22(21)34-3/h5-12,14H,15-16H2,1-4H3,(H,29,31)(H,30,32). The molecule has 3 aromatic rings. The third kappa shape index (κ3) is 6.71. The summed E-state index contributed by atoms with van der Waals surface area (Å²) in [5.41, 5.74) is 5.90. The number of nitrogens with one attached hydrogen (secondary N) is 2. The molecule has 0 spiro atoms. The molecule has 0 aliphatic carbocycles. The number of rotatable bonds is 11. The Hall–Kier alpha value is -4.62. The van der Waals surface area contributed by atoms with E-state index >= 15 is 0 Å². The summed E-state index contributed by atoms with van der Waals surface area (Å²) >= 11 is 0. The van der Waals surface area contributed by atoms with Crippen molar-refractivity contribution in [3.8, 4) is 23.3 Å². The molecule has 1 amide bonds. The Morgan fingerprint density at radius 1 is 1.08 bits per heavy atom. The zero-order chi connectivity index (χ0) is 25.9. The van der Waals surface area contributed by atoms with Gasteiger partial charge in [0.2, 0.25) is 0 Å². The Morgan fingerprint density at radius 3 is 2.58 bits per heavy atom. The van der Waals surface area contributed by atoms with Crippen LogP contribution in [0.3, 0.4) is 0 Å². The molecule has 0 saturated carbocycles. The molecule has 1 aromatic heterocycles. The lowest BCUT2D eigenvalue weighted by atomic mass is 10.1. The SMILES string of the molecule is COCc1cc(C)nc(NN=Cc2ccc(OCC(=O)Nc3ccccc3OC)c(OC)c2)c1C#N. The summed E-state index contributed by atoms with van der Waals surface area (Å²) in [6, 6.07) is 16.2. The second-order valence-electron chi connectivity index (χ2n) is 7.51. The molecule has 0 fully saturated rings. The third-order valence-electron chi connectivity index (χ3n) is 4.95. The number of nitrogens with zero attached hydrogens (tertiary/aromatic N) is 3. The third-order valence-corrected chi connectivity index (χ3v) is 4.95. The van der Waals surface area contributed by atoms with Gasteiger partial charge in [0, 0.05) is 18.4 Å². The number of ether oxygens (including phenoxy) is 4. The van der Waals surface area contributed by atoms with E-state index in [1.165, 1.54) is 14.2 Å². The number of carbonyl (C=O) groups is 1. The Balaban J connectivity index is 1.66. The second kappa shape index (κ2) is 12.7. The van der Waals surface area contributed by atoms with Gasteiger partial charge < -0.3 is 24.3 Å². The van der Waals surface area contributed by atoms with Gasteiger partial charge in [-0.3, -0.25) is 10.2 Å². The molecule has 0 aliphatic heterocycles. The van der Waals surface area contributed by atoms with Gasteiger partial charge in [-0.1, -0.05) is 12.1 Å². The van der Waals surface area contributed by atoms with Gasteiger partial charge >= 0.3 is 0 Å². The minimum atomic E-state index is -0.344. The molecule has 36 heavy (non-hydrogen) atoms. The van der Waals surface area contributed by atoms with E-state index in [0.29, 0.717) is 46.5 Å². The minimum Gasteiger partial charge on any atom is -0.495 e. The number of aromatic nitrogens is 1. The number of pyridine rings is 1. The highest BCUT2D eigenvalue weighted by Crippen LogP contribution is 2.28. The fourth-order valence-corrected chi connectivity index (χ4v) is 3.35. The number of hydrogen-bond acceptors (Lipinski definition) is 9. The Kier molecular flexibility index (Phi) is 9.19. The number of anilines is 2. The van der Waals surface area contributed by atoms with Crippen molar-refractivity contribution in [2.75, 3.05) is 38.7 Å². The lowest BCUT2D eigenvalue weighted by molar-refractivity contribution is -0.118. The first kappa shape index (κ1) is 26.0. The van der Waals surface area contributed by atoms with E-state index in [1.54, 1.807) is 55.8 Å². The van der Waals surface area contributed by atoms with Crippen LogP contribution >= 0.6 is 0 Å². The van der Waals surface area contributed by atoms with Crippen molar-refractivity contribution in [2.45, 2.75) is 13.5 Å².